The van der Waals surface area contributed by atoms with Crippen LogP contribution in [0.3, 0.4) is 0 Å². The number of nitrogens with zero attached hydrogens (tertiary/aromatic N) is 2. The molecule has 2 heterocycles. The van der Waals surface area contributed by atoms with Gasteiger partial charge in [0.1, 0.15) is 0 Å². The van der Waals surface area contributed by atoms with Crippen molar-refractivity contribution in [3.8, 4) is 0 Å². The van der Waals surface area contributed by atoms with Gasteiger partial charge in [0.05, 0.1) is 0 Å². The van der Waals surface area contributed by atoms with E-state index in [4.69, 9.17) is 5.73 Å². The van der Waals surface area contributed by atoms with E-state index in [1.165, 1.54) is 44.1 Å². The molecular weight excluding hydrogens is 218 g/mol. The minimum Gasteiger partial charge on any atom is -0.329 e. The molecule has 0 aromatic heterocycles. The highest BCUT2D eigenvalue weighted by Gasteiger charge is 2.41. The number of nitrogens with two attached hydrogens (primary N) is 1. The molecule has 16 heavy (non-hydrogen) atoms. The quantitative estimate of drug-likeness (QED) is 0.796. The van der Waals surface area contributed by atoms with E-state index < -0.39 is 0 Å². The molecule has 3 nitrogen and oxygen atoms in total. The van der Waals surface area contributed by atoms with Crippen molar-refractivity contribution < 1.29 is 0 Å². The van der Waals surface area contributed by atoms with Crippen LogP contribution >= 0.6 is 11.8 Å². The van der Waals surface area contributed by atoms with Gasteiger partial charge < -0.3 is 5.73 Å². The van der Waals surface area contributed by atoms with Gasteiger partial charge in [0.15, 0.2) is 0 Å². The van der Waals surface area contributed by atoms with Crippen LogP contribution in [0.1, 0.15) is 20.3 Å². The Hall–Kier alpha value is 0.230. The van der Waals surface area contributed by atoms with E-state index in [1.807, 2.05) is 0 Å². The first-order chi connectivity index (χ1) is 7.72. The van der Waals surface area contributed by atoms with Gasteiger partial charge in [-0.1, -0.05) is 6.92 Å². The van der Waals surface area contributed by atoms with E-state index in [2.05, 4.69) is 35.4 Å². The van der Waals surface area contributed by atoms with Crippen molar-refractivity contribution in [2.24, 2.45) is 5.73 Å². The molecule has 4 heteroatoms. The predicted octanol–water partition coefficient (Wildman–Crippen LogP) is 0.847. The first-order valence-electron chi connectivity index (χ1n) is 6.49. The number of piperazine rings is 1. The average molecular weight is 243 g/mol. The van der Waals surface area contributed by atoms with E-state index in [0.29, 0.717) is 11.6 Å². The molecule has 2 saturated heterocycles. The number of hydrogen-bond acceptors (Lipinski definition) is 4. The maximum absolute atomic E-state index is 6.04. The fraction of sp³-hybridized carbons (Fsp3) is 1.00. The van der Waals surface area contributed by atoms with Crippen LogP contribution in [0.15, 0.2) is 0 Å². The Bertz CT molecular complexity index is 228. The average Bonchev–Trinajstić information content (AvgIpc) is 2.78. The Morgan fingerprint density at radius 1 is 1.44 bits per heavy atom. The Labute approximate surface area is 104 Å². The van der Waals surface area contributed by atoms with Crippen LogP contribution in [0, 0.1) is 0 Å². The van der Waals surface area contributed by atoms with Gasteiger partial charge in [-0.05, 0) is 25.6 Å². The van der Waals surface area contributed by atoms with Crippen molar-refractivity contribution >= 4 is 11.8 Å². The van der Waals surface area contributed by atoms with E-state index >= 15 is 0 Å². The second-order valence-corrected chi connectivity index (χ2v) is 6.26. The summed E-state index contributed by atoms with van der Waals surface area (Å²) in [6.45, 7) is 10.2. The van der Waals surface area contributed by atoms with Gasteiger partial charge in [0.2, 0.25) is 0 Å². The molecule has 2 rings (SSSR count). The number of likely N-dealkylation sites (N-methyl/N-ethyl adjacent to an activating group) is 1. The van der Waals surface area contributed by atoms with Crippen LogP contribution in [-0.4, -0.2) is 65.6 Å². The molecule has 0 aliphatic carbocycles. The summed E-state index contributed by atoms with van der Waals surface area (Å²) in [5.41, 5.74) is 6.36. The van der Waals surface area contributed by atoms with Crippen molar-refractivity contribution in [2.45, 2.75) is 31.8 Å². The molecule has 0 aromatic rings. The van der Waals surface area contributed by atoms with Crippen molar-refractivity contribution in [3.05, 3.63) is 0 Å². The van der Waals surface area contributed by atoms with Gasteiger partial charge in [-0.3, -0.25) is 9.80 Å². The Balaban J connectivity index is 2.00. The first-order valence-corrected chi connectivity index (χ1v) is 7.64. The largest absolute Gasteiger partial charge is 0.329 e. The van der Waals surface area contributed by atoms with E-state index in [1.54, 1.807) is 0 Å². The molecule has 0 radical (unpaired) electrons. The summed E-state index contributed by atoms with van der Waals surface area (Å²) < 4.78 is 0. The molecule has 0 saturated carbocycles. The van der Waals surface area contributed by atoms with Crippen molar-refractivity contribution in [1.29, 1.82) is 0 Å². The third-order valence-electron chi connectivity index (χ3n) is 4.30. The lowest BCUT2D eigenvalue weighted by molar-refractivity contribution is 0.0220. The van der Waals surface area contributed by atoms with Gasteiger partial charge in [0, 0.05) is 43.5 Å². The molecular formula is C12H25N3S. The standard InChI is InChI=1S/C12H25N3S/c1-3-14-5-6-15(8-11(14)2)12(9-13)4-7-16-10-12/h11H,3-10,13H2,1-2H3. The van der Waals surface area contributed by atoms with Crippen molar-refractivity contribution in [3.63, 3.8) is 0 Å². The van der Waals surface area contributed by atoms with Gasteiger partial charge >= 0.3 is 0 Å². The fourth-order valence-corrected chi connectivity index (χ4v) is 4.53. The van der Waals surface area contributed by atoms with Gasteiger partial charge in [-0.2, -0.15) is 11.8 Å². The Kier molecular flexibility index (Phi) is 4.16. The van der Waals surface area contributed by atoms with Gasteiger partial charge in [-0.25, -0.2) is 0 Å². The van der Waals surface area contributed by atoms with Crippen LogP contribution in [0.2, 0.25) is 0 Å². The predicted molar refractivity (Wildman–Crippen MR) is 72.0 cm³/mol. The summed E-state index contributed by atoms with van der Waals surface area (Å²) >= 11 is 2.07. The Morgan fingerprint density at radius 3 is 2.75 bits per heavy atom. The number of thioether (sulfide) groups is 1. The normalized spacial score (nSPS) is 38.1. The summed E-state index contributed by atoms with van der Waals surface area (Å²) in [4.78, 5) is 5.24. The number of rotatable bonds is 3. The SMILES string of the molecule is CCN1CCN(C2(CN)CCSC2)CC1C. The van der Waals surface area contributed by atoms with E-state index in [0.717, 1.165) is 6.54 Å². The smallest absolute Gasteiger partial charge is 0.0430 e. The summed E-state index contributed by atoms with van der Waals surface area (Å²) in [7, 11) is 0. The lowest BCUT2D eigenvalue weighted by atomic mass is 9.94. The Morgan fingerprint density at radius 2 is 2.25 bits per heavy atom. The highest BCUT2D eigenvalue weighted by Crippen LogP contribution is 2.33. The van der Waals surface area contributed by atoms with Crippen LogP contribution in [0.4, 0.5) is 0 Å². The molecule has 2 aliphatic heterocycles. The zero-order valence-corrected chi connectivity index (χ0v) is 11.4. The molecule has 2 atom stereocenters. The highest BCUT2D eigenvalue weighted by molar-refractivity contribution is 7.99. The van der Waals surface area contributed by atoms with E-state index in [-0.39, 0.29) is 0 Å². The van der Waals surface area contributed by atoms with Crippen LogP contribution in [0.5, 0.6) is 0 Å². The molecule has 0 amide bonds. The summed E-state index contributed by atoms with van der Waals surface area (Å²) in [5, 5.41) is 0. The molecule has 94 valence electrons. The zero-order valence-electron chi connectivity index (χ0n) is 10.6. The number of hydrogen-bond donors (Lipinski definition) is 1. The second-order valence-electron chi connectivity index (χ2n) is 5.15. The highest BCUT2D eigenvalue weighted by atomic mass is 32.2. The molecule has 2 unspecified atom stereocenters. The fourth-order valence-electron chi connectivity index (χ4n) is 3.03. The molecule has 0 bridgehead atoms. The second kappa shape index (κ2) is 5.25. The molecule has 2 aliphatic rings. The third-order valence-corrected chi connectivity index (χ3v) is 5.54. The molecule has 2 N–H and O–H groups in total. The first kappa shape index (κ1) is 12.7. The van der Waals surface area contributed by atoms with Crippen LogP contribution in [-0.2, 0) is 0 Å². The summed E-state index contributed by atoms with van der Waals surface area (Å²) in [6, 6.07) is 0.688. The third kappa shape index (κ3) is 2.26. The van der Waals surface area contributed by atoms with Gasteiger partial charge in [0.25, 0.3) is 0 Å². The van der Waals surface area contributed by atoms with Crippen molar-refractivity contribution in [1.82, 2.24) is 9.80 Å². The molecule has 0 spiro atoms. The monoisotopic (exact) mass is 243 g/mol. The summed E-state index contributed by atoms with van der Waals surface area (Å²) in [6.07, 6.45) is 1.28. The molecule has 0 aromatic carbocycles. The minimum absolute atomic E-state index is 0.318. The maximum atomic E-state index is 6.04. The summed E-state index contributed by atoms with van der Waals surface area (Å²) in [5.74, 6) is 2.53. The lowest BCUT2D eigenvalue weighted by Crippen LogP contribution is -2.62. The topological polar surface area (TPSA) is 32.5 Å². The maximum Gasteiger partial charge on any atom is 0.0430 e. The zero-order chi connectivity index (χ0) is 11.6. The van der Waals surface area contributed by atoms with Crippen LogP contribution in [0.25, 0.3) is 0 Å². The van der Waals surface area contributed by atoms with Crippen molar-refractivity contribution in [2.75, 3.05) is 44.2 Å². The van der Waals surface area contributed by atoms with Crippen LogP contribution < -0.4 is 5.73 Å². The molecule has 2 fully saturated rings. The van der Waals surface area contributed by atoms with Gasteiger partial charge in [-0.15, -0.1) is 0 Å². The van der Waals surface area contributed by atoms with E-state index in [9.17, 15) is 0 Å². The minimum atomic E-state index is 0.318. The lowest BCUT2D eigenvalue weighted by Gasteiger charge is -2.47.